The Morgan fingerprint density at radius 3 is 2.73 bits per heavy atom. The molecule has 0 saturated carbocycles. The van der Waals surface area contributed by atoms with Crippen LogP contribution in [0.5, 0.6) is 0 Å². The normalized spacial score (nSPS) is 23.3. The molecule has 1 atom stereocenters. The van der Waals surface area contributed by atoms with Crippen LogP contribution in [0.25, 0.3) is 33.3 Å². The highest BCUT2D eigenvalue weighted by atomic mass is 19.1. The first-order valence-electron chi connectivity index (χ1n) is 10.3. The highest BCUT2D eigenvalue weighted by Gasteiger charge is 2.35. The highest BCUT2D eigenvalue weighted by Crippen LogP contribution is 2.35. The van der Waals surface area contributed by atoms with Crippen LogP contribution in [0.15, 0.2) is 41.3 Å². The van der Waals surface area contributed by atoms with Gasteiger partial charge in [0.1, 0.15) is 11.4 Å². The number of aromatic nitrogens is 4. The van der Waals surface area contributed by atoms with Crippen LogP contribution in [0.4, 0.5) is 10.1 Å². The van der Waals surface area contributed by atoms with Crippen molar-refractivity contribution in [3.63, 3.8) is 0 Å². The maximum absolute atomic E-state index is 14.1. The summed E-state index contributed by atoms with van der Waals surface area (Å²) in [6, 6.07) is 9.23. The van der Waals surface area contributed by atoms with Gasteiger partial charge in [-0.3, -0.25) is 4.79 Å². The molecule has 0 spiro atoms. The van der Waals surface area contributed by atoms with Crippen LogP contribution in [-0.4, -0.2) is 50.5 Å². The lowest BCUT2D eigenvalue weighted by atomic mass is 9.83. The van der Waals surface area contributed by atoms with Crippen molar-refractivity contribution >= 4 is 27.6 Å². The Labute approximate surface area is 171 Å². The van der Waals surface area contributed by atoms with Gasteiger partial charge in [-0.25, -0.2) is 9.97 Å². The molecule has 1 aromatic carbocycles. The zero-order valence-corrected chi connectivity index (χ0v) is 16.3. The number of nitrogens with one attached hydrogen (secondary N) is 3. The number of pyridine rings is 2. The summed E-state index contributed by atoms with van der Waals surface area (Å²) >= 11 is 0. The number of anilines is 1. The largest absolute Gasteiger partial charge is 0.379 e. The topological polar surface area (TPSA) is 89.7 Å². The molecule has 7 nitrogen and oxygen atoms in total. The van der Waals surface area contributed by atoms with Gasteiger partial charge in [0.25, 0.3) is 5.56 Å². The fourth-order valence-corrected chi connectivity index (χ4v) is 4.93. The lowest BCUT2D eigenvalue weighted by Crippen LogP contribution is -2.53. The second-order valence-corrected chi connectivity index (χ2v) is 8.25. The Morgan fingerprint density at radius 1 is 1.13 bits per heavy atom. The Morgan fingerprint density at radius 2 is 1.97 bits per heavy atom. The first-order chi connectivity index (χ1) is 14.7. The van der Waals surface area contributed by atoms with E-state index in [0.717, 1.165) is 43.5 Å². The monoisotopic (exact) mass is 404 g/mol. The molecule has 3 aromatic heterocycles. The lowest BCUT2D eigenvalue weighted by molar-refractivity contribution is 0.0976. The van der Waals surface area contributed by atoms with Gasteiger partial charge in [-0.15, -0.1) is 0 Å². The molecule has 152 valence electrons. The zero-order valence-electron chi connectivity index (χ0n) is 16.3. The van der Waals surface area contributed by atoms with E-state index < -0.39 is 5.95 Å². The van der Waals surface area contributed by atoms with E-state index in [4.69, 9.17) is 0 Å². The smallest absolute Gasteiger partial charge is 0.261 e. The molecule has 3 fully saturated rings. The second kappa shape index (κ2) is 6.63. The molecule has 30 heavy (non-hydrogen) atoms. The van der Waals surface area contributed by atoms with Crippen molar-refractivity contribution in [1.29, 1.82) is 0 Å². The number of fused-ring (bicyclic) bond motifs is 5. The molecule has 0 unspecified atom stereocenters. The summed E-state index contributed by atoms with van der Waals surface area (Å²) in [6.45, 7) is 3.16. The molecule has 6 heterocycles. The van der Waals surface area contributed by atoms with E-state index in [1.54, 1.807) is 0 Å². The summed E-state index contributed by atoms with van der Waals surface area (Å²) in [5, 5.41) is 4.22. The van der Waals surface area contributed by atoms with Crippen LogP contribution >= 0.6 is 0 Å². The molecule has 3 N–H and O–H groups in total. The maximum Gasteiger partial charge on any atom is 0.261 e. The number of imidazole rings is 1. The standard InChI is InChI=1S/C22H21FN6O/c23-18-9-13-16(10-24-18)28-22(30)19(21-26-14-3-1-2-4-15(14)27-21)20(13)25-17-11-29-7-5-12(17)6-8-29/h1-4,9-10,12,17H,5-8,11H2,(H,26,27)(H2,25,28,30)/t17-/m0/s1. The number of piperidine rings is 3. The second-order valence-electron chi connectivity index (χ2n) is 8.25. The molecule has 3 saturated heterocycles. The number of hydrogen-bond acceptors (Lipinski definition) is 5. The number of benzene rings is 1. The highest BCUT2D eigenvalue weighted by molar-refractivity contribution is 5.98. The fourth-order valence-electron chi connectivity index (χ4n) is 4.93. The molecule has 0 amide bonds. The van der Waals surface area contributed by atoms with Gasteiger partial charge >= 0.3 is 0 Å². The van der Waals surface area contributed by atoms with E-state index in [0.29, 0.717) is 33.9 Å². The van der Waals surface area contributed by atoms with Gasteiger partial charge in [-0.2, -0.15) is 4.39 Å². The van der Waals surface area contributed by atoms with Crippen LogP contribution in [0, 0.1) is 11.9 Å². The molecule has 8 heteroatoms. The van der Waals surface area contributed by atoms with E-state index in [2.05, 4.69) is 30.2 Å². The van der Waals surface area contributed by atoms with Gasteiger partial charge in [0.2, 0.25) is 5.95 Å². The van der Waals surface area contributed by atoms with Gasteiger partial charge in [-0.1, -0.05) is 12.1 Å². The average molecular weight is 404 g/mol. The van der Waals surface area contributed by atoms with Gasteiger partial charge < -0.3 is 20.2 Å². The average Bonchev–Trinajstić information content (AvgIpc) is 3.19. The number of H-pyrrole nitrogens is 2. The predicted octanol–water partition coefficient (Wildman–Crippen LogP) is 3.11. The van der Waals surface area contributed by atoms with Crippen LogP contribution in [0.2, 0.25) is 0 Å². The molecule has 0 aliphatic carbocycles. The van der Waals surface area contributed by atoms with E-state index in [1.165, 1.54) is 12.3 Å². The van der Waals surface area contributed by atoms with Crippen LogP contribution in [0.1, 0.15) is 12.8 Å². The summed E-state index contributed by atoms with van der Waals surface area (Å²) in [4.78, 5) is 30.0. The summed E-state index contributed by atoms with van der Waals surface area (Å²) < 4.78 is 14.1. The van der Waals surface area contributed by atoms with Gasteiger partial charge in [0, 0.05) is 24.0 Å². The first kappa shape index (κ1) is 17.6. The predicted molar refractivity (Wildman–Crippen MR) is 114 cm³/mol. The molecular weight excluding hydrogens is 383 g/mol. The minimum absolute atomic E-state index is 0.205. The van der Waals surface area contributed by atoms with Gasteiger partial charge in [-0.05, 0) is 44.0 Å². The molecule has 4 aromatic rings. The van der Waals surface area contributed by atoms with Crippen molar-refractivity contribution in [2.75, 3.05) is 25.0 Å². The Bertz CT molecular complexity index is 1290. The Balaban J connectivity index is 1.56. The summed E-state index contributed by atoms with van der Waals surface area (Å²) in [5.41, 5.74) is 2.88. The number of halogens is 1. The zero-order chi connectivity index (χ0) is 20.2. The van der Waals surface area contributed by atoms with E-state index in [9.17, 15) is 9.18 Å². The minimum Gasteiger partial charge on any atom is -0.379 e. The molecule has 2 bridgehead atoms. The quantitative estimate of drug-likeness (QED) is 0.457. The lowest BCUT2D eigenvalue weighted by Gasteiger charge is -2.45. The third-order valence-corrected chi connectivity index (χ3v) is 6.48. The van der Waals surface area contributed by atoms with Crippen molar-refractivity contribution in [2.45, 2.75) is 18.9 Å². The first-order valence-corrected chi connectivity index (χ1v) is 10.3. The van der Waals surface area contributed by atoms with Gasteiger partial charge in [0.05, 0.1) is 28.4 Å². The third kappa shape index (κ3) is 2.79. The number of nitrogens with zero attached hydrogens (tertiary/aromatic N) is 3. The molecule has 7 rings (SSSR count). The van der Waals surface area contributed by atoms with Crippen molar-refractivity contribution in [3.8, 4) is 11.4 Å². The Hall–Kier alpha value is -3.26. The van der Waals surface area contributed by atoms with Crippen molar-refractivity contribution in [2.24, 2.45) is 5.92 Å². The number of hydrogen-bond donors (Lipinski definition) is 3. The number of aromatic amines is 2. The maximum atomic E-state index is 14.1. The molecular formula is C22H21FN6O. The van der Waals surface area contributed by atoms with Crippen LogP contribution in [0.3, 0.4) is 0 Å². The van der Waals surface area contributed by atoms with Crippen LogP contribution in [-0.2, 0) is 0 Å². The van der Waals surface area contributed by atoms with E-state index >= 15 is 0 Å². The third-order valence-electron chi connectivity index (χ3n) is 6.48. The minimum atomic E-state index is -0.581. The number of rotatable bonds is 3. The molecule has 3 aliphatic heterocycles. The van der Waals surface area contributed by atoms with Crippen LogP contribution < -0.4 is 10.9 Å². The van der Waals surface area contributed by atoms with Crippen molar-refractivity contribution < 1.29 is 4.39 Å². The summed E-state index contributed by atoms with van der Waals surface area (Å²) in [7, 11) is 0. The van der Waals surface area contributed by atoms with E-state index in [1.807, 2.05) is 24.3 Å². The van der Waals surface area contributed by atoms with Gasteiger partial charge in [0.15, 0.2) is 0 Å². The van der Waals surface area contributed by atoms with Crippen molar-refractivity contribution in [3.05, 3.63) is 52.8 Å². The SMILES string of the molecule is O=c1[nH]c2cnc(F)cc2c(N[C@H]2CN3CCC2CC3)c1-c1nc2ccccc2[nH]1. The molecule has 3 aliphatic rings. The van der Waals surface area contributed by atoms with Crippen molar-refractivity contribution in [1.82, 2.24) is 24.8 Å². The number of para-hydroxylation sites is 2. The van der Waals surface area contributed by atoms with E-state index in [-0.39, 0.29) is 11.6 Å². The fraction of sp³-hybridized carbons (Fsp3) is 0.318. The summed E-state index contributed by atoms with van der Waals surface area (Å²) in [6.07, 6.45) is 3.64. The molecule has 0 radical (unpaired) electrons. The summed E-state index contributed by atoms with van der Waals surface area (Å²) in [5.74, 6) is 0.432. The Kier molecular flexibility index (Phi) is 3.89.